The van der Waals surface area contributed by atoms with Crippen LogP contribution in [-0.2, 0) is 14.8 Å². The van der Waals surface area contributed by atoms with E-state index in [4.69, 9.17) is 0 Å². The quantitative estimate of drug-likeness (QED) is 0.777. The summed E-state index contributed by atoms with van der Waals surface area (Å²) in [4.78, 5) is 12.4. The molecule has 0 aliphatic carbocycles. The number of piperidine rings is 1. The molecule has 8 heteroatoms. The molecule has 2 rings (SSSR count). The predicted molar refractivity (Wildman–Crippen MR) is 91.0 cm³/mol. The molecule has 3 N–H and O–H groups in total. The maximum absolute atomic E-state index is 12.4. The second kappa shape index (κ2) is 7.30. The number of halogens is 1. The van der Waals surface area contributed by atoms with Crippen LogP contribution in [0.25, 0.3) is 0 Å². The molecule has 1 heterocycles. The Morgan fingerprint density at radius 1 is 1.27 bits per heavy atom. The highest BCUT2D eigenvalue weighted by atomic mass is 35.5. The van der Waals surface area contributed by atoms with Gasteiger partial charge >= 0.3 is 0 Å². The second-order valence-corrected chi connectivity index (χ2v) is 7.37. The third kappa shape index (κ3) is 5.15. The first-order valence-corrected chi connectivity index (χ1v) is 8.82. The molecular weight excluding hydrogens is 326 g/mol. The number of hydrogen-bond acceptors (Lipinski definition) is 4. The van der Waals surface area contributed by atoms with Crippen molar-refractivity contribution in [3.05, 3.63) is 24.3 Å². The lowest BCUT2D eigenvalue weighted by Crippen LogP contribution is -2.54. The Hall–Kier alpha value is -1.31. The average molecular weight is 348 g/mol. The van der Waals surface area contributed by atoms with Crippen molar-refractivity contribution in [3.63, 3.8) is 0 Å². The Labute approximate surface area is 137 Å². The standard InChI is InChI=1S/C14H21N3O3S.ClH/c1-14(8-3-4-9-15-14)13(18)16-11-6-5-7-12(10-11)17-21(2,19)20;/h5-7,10,15,17H,3-4,8-9H2,1-2H3,(H,16,18);1H. The first-order chi connectivity index (χ1) is 9.78. The molecule has 1 aliphatic rings. The van der Waals surface area contributed by atoms with Crippen molar-refractivity contribution in [1.29, 1.82) is 0 Å². The summed E-state index contributed by atoms with van der Waals surface area (Å²) in [6, 6.07) is 6.67. The van der Waals surface area contributed by atoms with E-state index in [1.54, 1.807) is 24.3 Å². The zero-order valence-corrected chi connectivity index (χ0v) is 14.3. The molecule has 1 aliphatic heterocycles. The van der Waals surface area contributed by atoms with Gasteiger partial charge in [0.15, 0.2) is 0 Å². The first-order valence-electron chi connectivity index (χ1n) is 6.93. The van der Waals surface area contributed by atoms with Crippen molar-refractivity contribution in [2.45, 2.75) is 31.7 Å². The Morgan fingerprint density at radius 3 is 2.55 bits per heavy atom. The third-order valence-electron chi connectivity index (χ3n) is 3.54. The molecule has 1 aromatic rings. The molecule has 1 amide bonds. The van der Waals surface area contributed by atoms with Gasteiger partial charge in [0, 0.05) is 5.69 Å². The number of benzene rings is 1. The molecule has 1 unspecified atom stereocenters. The van der Waals surface area contributed by atoms with Crippen LogP contribution in [0.5, 0.6) is 0 Å². The first kappa shape index (κ1) is 18.7. The highest BCUT2D eigenvalue weighted by Gasteiger charge is 2.34. The summed E-state index contributed by atoms with van der Waals surface area (Å²) in [5.41, 5.74) is 0.428. The predicted octanol–water partition coefficient (Wildman–Crippen LogP) is 1.95. The minimum absolute atomic E-state index is 0. The van der Waals surface area contributed by atoms with E-state index in [9.17, 15) is 13.2 Å². The third-order valence-corrected chi connectivity index (χ3v) is 4.15. The van der Waals surface area contributed by atoms with Gasteiger partial charge in [-0.2, -0.15) is 0 Å². The number of hydrogen-bond donors (Lipinski definition) is 3. The van der Waals surface area contributed by atoms with Crippen molar-refractivity contribution >= 4 is 39.7 Å². The summed E-state index contributed by atoms with van der Waals surface area (Å²) in [7, 11) is -3.33. The number of anilines is 2. The van der Waals surface area contributed by atoms with E-state index in [0.717, 1.165) is 32.1 Å². The van der Waals surface area contributed by atoms with Crippen LogP contribution in [0.2, 0.25) is 0 Å². The Bertz CT molecular complexity index is 628. The molecule has 0 radical (unpaired) electrons. The SMILES string of the molecule is CC1(C(=O)Nc2cccc(NS(C)(=O)=O)c2)CCCCN1.Cl. The number of rotatable bonds is 4. The van der Waals surface area contributed by atoms with Gasteiger partial charge in [-0.05, 0) is 50.9 Å². The van der Waals surface area contributed by atoms with Crippen molar-refractivity contribution in [2.75, 3.05) is 22.8 Å². The van der Waals surface area contributed by atoms with Gasteiger partial charge < -0.3 is 10.6 Å². The molecule has 22 heavy (non-hydrogen) atoms. The van der Waals surface area contributed by atoms with Gasteiger partial charge in [0.2, 0.25) is 15.9 Å². The molecule has 0 bridgehead atoms. The summed E-state index contributed by atoms with van der Waals surface area (Å²) in [5.74, 6) is -0.0984. The number of amides is 1. The fourth-order valence-corrected chi connectivity index (χ4v) is 2.95. The van der Waals surface area contributed by atoms with E-state index in [1.807, 2.05) is 6.92 Å². The van der Waals surface area contributed by atoms with Crippen LogP contribution in [0, 0.1) is 0 Å². The van der Waals surface area contributed by atoms with Gasteiger partial charge in [0.25, 0.3) is 0 Å². The summed E-state index contributed by atoms with van der Waals surface area (Å²) < 4.78 is 24.8. The molecule has 1 aromatic carbocycles. The van der Waals surface area contributed by atoms with Gasteiger partial charge in [-0.1, -0.05) is 6.07 Å². The van der Waals surface area contributed by atoms with Crippen molar-refractivity contribution in [3.8, 4) is 0 Å². The molecule has 1 saturated heterocycles. The zero-order chi connectivity index (χ0) is 15.5. The molecule has 1 atom stereocenters. The summed E-state index contributed by atoms with van der Waals surface area (Å²) in [6.45, 7) is 2.72. The second-order valence-electron chi connectivity index (χ2n) is 5.63. The summed E-state index contributed by atoms with van der Waals surface area (Å²) >= 11 is 0. The van der Waals surface area contributed by atoms with E-state index in [-0.39, 0.29) is 18.3 Å². The van der Waals surface area contributed by atoms with E-state index in [2.05, 4.69) is 15.4 Å². The van der Waals surface area contributed by atoms with E-state index >= 15 is 0 Å². The molecule has 6 nitrogen and oxygen atoms in total. The number of carbonyl (C=O) groups excluding carboxylic acids is 1. The van der Waals surface area contributed by atoms with Gasteiger partial charge in [-0.15, -0.1) is 12.4 Å². The Kier molecular flexibility index (Phi) is 6.22. The largest absolute Gasteiger partial charge is 0.324 e. The molecule has 0 saturated carbocycles. The summed E-state index contributed by atoms with van der Waals surface area (Å²) in [6.07, 6.45) is 3.98. The lowest BCUT2D eigenvalue weighted by atomic mass is 9.90. The monoisotopic (exact) mass is 347 g/mol. The lowest BCUT2D eigenvalue weighted by Gasteiger charge is -2.33. The number of sulfonamides is 1. The zero-order valence-electron chi connectivity index (χ0n) is 12.7. The van der Waals surface area contributed by atoms with Crippen LogP contribution in [0.4, 0.5) is 11.4 Å². The molecule has 124 valence electrons. The summed E-state index contributed by atoms with van der Waals surface area (Å²) in [5, 5.41) is 6.09. The molecular formula is C14H22ClN3O3S. The van der Waals surface area contributed by atoms with Gasteiger partial charge in [0.05, 0.1) is 17.5 Å². The molecule has 0 aromatic heterocycles. The average Bonchev–Trinajstić information content (AvgIpc) is 2.38. The fourth-order valence-electron chi connectivity index (χ4n) is 2.39. The van der Waals surface area contributed by atoms with Crippen LogP contribution in [0.1, 0.15) is 26.2 Å². The Balaban J connectivity index is 0.00000242. The minimum Gasteiger partial charge on any atom is -0.324 e. The van der Waals surface area contributed by atoms with E-state index < -0.39 is 15.6 Å². The smallest absolute Gasteiger partial charge is 0.244 e. The van der Waals surface area contributed by atoms with Crippen molar-refractivity contribution in [1.82, 2.24) is 5.32 Å². The highest BCUT2D eigenvalue weighted by molar-refractivity contribution is 7.92. The molecule has 1 fully saturated rings. The van der Waals surface area contributed by atoms with E-state index in [0.29, 0.717) is 11.4 Å². The molecule has 0 spiro atoms. The maximum atomic E-state index is 12.4. The van der Waals surface area contributed by atoms with Gasteiger partial charge in [-0.3, -0.25) is 9.52 Å². The fraction of sp³-hybridized carbons (Fsp3) is 0.500. The Morgan fingerprint density at radius 2 is 1.95 bits per heavy atom. The van der Waals surface area contributed by atoms with Crippen LogP contribution < -0.4 is 15.4 Å². The van der Waals surface area contributed by atoms with Crippen molar-refractivity contribution in [2.24, 2.45) is 0 Å². The van der Waals surface area contributed by atoms with Crippen molar-refractivity contribution < 1.29 is 13.2 Å². The van der Waals surface area contributed by atoms with Gasteiger partial charge in [-0.25, -0.2) is 8.42 Å². The van der Waals surface area contributed by atoms with Crippen LogP contribution in [0.15, 0.2) is 24.3 Å². The van der Waals surface area contributed by atoms with Crippen LogP contribution in [-0.4, -0.2) is 32.7 Å². The van der Waals surface area contributed by atoms with Crippen LogP contribution in [0.3, 0.4) is 0 Å². The van der Waals surface area contributed by atoms with Crippen LogP contribution >= 0.6 is 12.4 Å². The minimum atomic E-state index is -3.33. The topological polar surface area (TPSA) is 87.3 Å². The normalized spacial score (nSPS) is 21.5. The lowest BCUT2D eigenvalue weighted by molar-refractivity contribution is -0.122. The van der Waals surface area contributed by atoms with E-state index in [1.165, 1.54) is 0 Å². The highest BCUT2D eigenvalue weighted by Crippen LogP contribution is 2.22. The maximum Gasteiger partial charge on any atom is 0.244 e. The van der Waals surface area contributed by atoms with Gasteiger partial charge in [0.1, 0.15) is 0 Å². The number of nitrogens with one attached hydrogen (secondary N) is 3. The number of carbonyl (C=O) groups is 1.